The summed E-state index contributed by atoms with van der Waals surface area (Å²) in [6, 6.07) is 8.48. The largest absolute Gasteiger partial charge is 0.376 e. The normalized spacial score (nSPS) is 12.5. The Hall–Kier alpha value is 0.120. The Morgan fingerprint density at radius 2 is 1.95 bits per heavy atom. The molecule has 19 heavy (non-hydrogen) atoms. The molecule has 0 aliphatic rings. The Kier molecular flexibility index (Phi) is 5.48. The molecule has 2 aromatic rings. The number of thiophene rings is 1. The molecular weight excluding hydrogens is 456 g/mol. The number of benzene rings is 1. The highest BCUT2D eigenvalue weighted by atomic mass is 79.9. The molecule has 1 atom stereocenters. The standard InChI is InChI=1S/C13H13Br3N2S/c1-7-2-8(14)4-9(3-7)18-11(6-17)12-5-10(15)13(16)19-12/h2-5,11,18H,6,17H2,1H3. The fourth-order valence-corrected chi connectivity index (χ4v) is 4.56. The summed E-state index contributed by atoms with van der Waals surface area (Å²) in [6.07, 6.45) is 0. The summed E-state index contributed by atoms with van der Waals surface area (Å²) in [4.78, 5) is 1.21. The molecule has 0 saturated carbocycles. The predicted octanol–water partition coefficient (Wildman–Crippen LogP) is 5.46. The second-order valence-corrected chi connectivity index (χ2v) is 8.39. The predicted molar refractivity (Wildman–Crippen MR) is 94.0 cm³/mol. The van der Waals surface area contributed by atoms with E-state index in [9.17, 15) is 0 Å². The van der Waals surface area contributed by atoms with Crippen LogP contribution in [0.4, 0.5) is 5.69 Å². The highest BCUT2D eigenvalue weighted by Gasteiger charge is 2.14. The number of nitrogens with two attached hydrogens (primary N) is 1. The van der Waals surface area contributed by atoms with Crippen molar-refractivity contribution in [2.45, 2.75) is 13.0 Å². The lowest BCUT2D eigenvalue weighted by Gasteiger charge is -2.17. The molecule has 102 valence electrons. The van der Waals surface area contributed by atoms with Crippen molar-refractivity contribution in [1.82, 2.24) is 0 Å². The molecule has 0 saturated heterocycles. The average molecular weight is 469 g/mol. The number of halogens is 3. The van der Waals surface area contributed by atoms with Crippen LogP contribution < -0.4 is 11.1 Å². The molecule has 0 bridgehead atoms. The Morgan fingerprint density at radius 3 is 2.47 bits per heavy atom. The van der Waals surface area contributed by atoms with Gasteiger partial charge in [0, 0.05) is 26.1 Å². The van der Waals surface area contributed by atoms with Crippen LogP contribution in [0, 0.1) is 6.92 Å². The molecule has 1 unspecified atom stereocenters. The van der Waals surface area contributed by atoms with Gasteiger partial charge in [-0.25, -0.2) is 0 Å². The summed E-state index contributed by atoms with van der Waals surface area (Å²) in [5.41, 5.74) is 8.17. The van der Waals surface area contributed by atoms with E-state index in [4.69, 9.17) is 5.73 Å². The minimum Gasteiger partial charge on any atom is -0.376 e. The molecule has 1 aromatic carbocycles. The number of rotatable bonds is 4. The molecule has 0 spiro atoms. The van der Waals surface area contributed by atoms with E-state index in [1.54, 1.807) is 11.3 Å². The summed E-state index contributed by atoms with van der Waals surface area (Å²) in [6.45, 7) is 2.62. The molecule has 0 fully saturated rings. The zero-order valence-electron chi connectivity index (χ0n) is 10.2. The van der Waals surface area contributed by atoms with Gasteiger partial charge in [-0.15, -0.1) is 11.3 Å². The van der Waals surface area contributed by atoms with E-state index in [1.165, 1.54) is 10.4 Å². The maximum absolute atomic E-state index is 5.89. The van der Waals surface area contributed by atoms with Crippen LogP contribution in [0.15, 0.2) is 37.0 Å². The van der Waals surface area contributed by atoms with Crippen molar-refractivity contribution in [3.8, 4) is 0 Å². The maximum Gasteiger partial charge on any atom is 0.0844 e. The smallest absolute Gasteiger partial charge is 0.0844 e. The first kappa shape index (κ1) is 15.5. The zero-order valence-corrected chi connectivity index (χ0v) is 15.8. The van der Waals surface area contributed by atoms with E-state index >= 15 is 0 Å². The molecule has 2 rings (SSSR count). The van der Waals surface area contributed by atoms with Gasteiger partial charge in [0.25, 0.3) is 0 Å². The second-order valence-electron chi connectivity index (χ2n) is 4.22. The third-order valence-electron chi connectivity index (χ3n) is 2.63. The topological polar surface area (TPSA) is 38.0 Å². The van der Waals surface area contributed by atoms with E-state index in [0.29, 0.717) is 6.54 Å². The Labute approximate surface area is 142 Å². The Balaban J connectivity index is 2.23. The van der Waals surface area contributed by atoms with Gasteiger partial charge in [-0.1, -0.05) is 15.9 Å². The van der Waals surface area contributed by atoms with Gasteiger partial charge in [-0.05, 0) is 68.6 Å². The first-order chi connectivity index (χ1) is 8.99. The average Bonchev–Trinajstić information content (AvgIpc) is 2.65. The summed E-state index contributed by atoms with van der Waals surface area (Å²) in [5, 5.41) is 3.48. The van der Waals surface area contributed by atoms with Crippen molar-refractivity contribution >= 4 is 64.8 Å². The molecule has 0 aliphatic heterocycles. The first-order valence-electron chi connectivity index (χ1n) is 5.68. The quantitative estimate of drug-likeness (QED) is 0.625. The van der Waals surface area contributed by atoms with E-state index in [-0.39, 0.29) is 6.04 Å². The number of anilines is 1. The zero-order chi connectivity index (χ0) is 14.0. The fourth-order valence-electron chi connectivity index (χ4n) is 1.80. The lowest BCUT2D eigenvalue weighted by Crippen LogP contribution is -2.19. The van der Waals surface area contributed by atoms with E-state index < -0.39 is 0 Å². The van der Waals surface area contributed by atoms with Crippen LogP contribution in [0.1, 0.15) is 16.5 Å². The van der Waals surface area contributed by atoms with Gasteiger partial charge in [0.2, 0.25) is 0 Å². The van der Waals surface area contributed by atoms with Crippen LogP contribution >= 0.6 is 59.1 Å². The summed E-state index contributed by atoms with van der Waals surface area (Å²) in [5.74, 6) is 0. The van der Waals surface area contributed by atoms with E-state index in [0.717, 1.165) is 18.4 Å². The first-order valence-corrected chi connectivity index (χ1v) is 8.87. The van der Waals surface area contributed by atoms with Crippen LogP contribution in [0.5, 0.6) is 0 Å². The number of hydrogen-bond acceptors (Lipinski definition) is 3. The van der Waals surface area contributed by atoms with Crippen molar-refractivity contribution in [3.05, 3.63) is 47.4 Å². The molecule has 2 nitrogen and oxygen atoms in total. The summed E-state index contributed by atoms with van der Waals surface area (Å²) < 4.78 is 3.23. The molecule has 3 N–H and O–H groups in total. The van der Waals surface area contributed by atoms with Gasteiger partial charge in [0.05, 0.1) is 9.83 Å². The number of hydrogen-bond donors (Lipinski definition) is 2. The summed E-state index contributed by atoms with van der Waals surface area (Å²) in [7, 11) is 0. The second kappa shape index (κ2) is 6.72. The van der Waals surface area contributed by atoms with Gasteiger partial charge in [0.1, 0.15) is 0 Å². The Bertz CT molecular complexity index is 544. The highest BCUT2D eigenvalue weighted by molar-refractivity contribution is 9.13. The number of nitrogens with one attached hydrogen (secondary N) is 1. The minimum absolute atomic E-state index is 0.112. The van der Waals surface area contributed by atoms with Crippen molar-refractivity contribution in [1.29, 1.82) is 0 Å². The van der Waals surface area contributed by atoms with Crippen molar-refractivity contribution in [2.75, 3.05) is 11.9 Å². The lowest BCUT2D eigenvalue weighted by molar-refractivity contribution is 0.805. The van der Waals surface area contributed by atoms with Crippen LogP contribution in [-0.2, 0) is 0 Å². The van der Waals surface area contributed by atoms with Gasteiger partial charge in [-0.2, -0.15) is 0 Å². The fraction of sp³-hybridized carbons (Fsp3) is 0.231. The van der Waals surface area contributed by atoms with Crippen molar-refractivity contribution < 1.29 is 0 Å². The molecular formula is C13H13Br3N2S. The van der Waals surface area contributed by atoms with E-state index in [1.807, 2.05) is 0 Å². The SMILES string of the molecule is Cc1cc(Br)cc(NC(CN)c2cc(Br)c(Br)s2)c1. The molecule has 6 heteroatoms. The van der Waals surface area contributed by atoms with E-state index in [2.05, 4.69) is 84.3 Å². The maximum atomic E-state index is 5.89. The van der Waals surface area contributed by atoms with Crippen LogP contribution in [-0.4, -0.2) is 6.54 Å². The monoisotopic (exact) mass is 466 g/mol. The molecule has 0 aliphatic carbocycles. The Morgan fingerprint density at radius 1 is 1.21 bits per heavy atom. The van der Waals surface area contributed by atoms with Crippen LogP contribution in [0.2, 0.25) is 0 Å². The number of aryl methyl sites for hydroxylation is 1. The van der Waals surface area contributed by atoms with Gasteiger partial charge in [-0.3, -0.25) is 0 Å². The van der Waals surface area contributed by atoms with Gasteiger partial charge >= 0.3 is 0 Å². The highest BCUT2D eigenvalue weighted by Crippen LogP contribution is 2.36. The van der Waals surface area contributed by atoms with Crippen LogP contribution in [0.3, 0.4) is 0 Å². The van der Waals surface area contributed by atoms with Crippen LogP contribution in [0.25, 0.3) is 0 Å². The molecule has 1 aromatic heterocycles. The summed E-state index contributed by atoms with van der Waals surface area (Å²) >= 11 is 12.2. The van der Waals surface area contributed by atoms with Gasteiger partial charge < -0.3 is 11.1 Å². The van der Waals surface area contributed by atoms with Gasteiger partial charge in [0.15, 0.2) is 0 Å². The lowest BCUT2D eigenvalue weighted by atomic mass is 10.2. The van der Waals surface area contributed by atoms with Crippen molar-refractivity contribution in [2.24, 2.45) is 5.73 Å². The molecule has 0 radical (unpaired) electrons. The third kappa shape index (κ3) is 4.04. The molecule has 0 amide bonds. The van der Waals surface area contributed by atoms with Crippen molar-refractivity contribution in [3.63, 3.8) is 0 Å². The third-order valence-corrected chi connectivity index (χ3v) is 6.45. The minimum atomic E-state index is 0.112. The molecule has 1 heterocycles.